The van der Waals surface area contributed by atoms with Crippen LogP contribution in [0.5, 0.6) is 5.75 Å². The van der Waals surface area contributed by atoms with Gasteiger partial charge in [0.15, 0.2) is 0 Å². The molecule has 0 aliphatic carbocycles. The Labute approximate surface area is 200 Å². The lowest BCUT2D eigenvalue weighted by molar-refractivity contribution is -0.124. The largest absolute Gasteiger partial charge is 0.496 e. The van der Waals surface area contributed by atoms with Crippen molar-refractivity contribution in [2.75, 3.05) is 22.6 Å². The van der Waals surface area contributed by atoms with Crippen LogP contribution in [0.15, 0.2) is 78.9 Å². The molecule has 0 radical (unpaired) electrons. The summed E-state index contributed by atoms with van der Waals surface area (Å²) in [7, 11) is 1.36. The van der Waals surface area contributed by atoms with Gasteiger partial charge in [-0.2, -0.15) is 0 Å². The molecule has 0 bridgehead atoms. The molecule has 5 rings (SSSR count). The highest BCUT2D eigenvalue weighted by Gasteiger charge is 2.28. The zero-order valence-electron chi connectivity index (χ0n) is 18.7. The van der Waals surface area contributed by atoms with Crippen LogP contribution < -0.4 is 20.3 Å². The molecule has 3 amide bonds. The summed E-state index contributed by atoms with van der Waals surface area (Å²) in [6.45, 7) is 0. The Morgan fingerprint density at radius 1 is 1.00 bits per heavy atom. The predicted molar refractivity (Wildman–Crippen MR) is 132 cm³/mol. The topological polar surface area (TPSA) is 87.7 Å². The molecule has 174 valence electrons. The number of anilines is 4. The highest BCUT2D eigenvalue weighted by molar-refractivity contribution is 6.21. The minimum absolute atomic E-state index is 0.121. The minimum atomic E-state index is -0.508. The number of halogens is 1. The smallest absolute Gasteiger partial charge is 0.259 e. The number of hydrogen-bond donors (Lipinski definition) is 2. The molecule has 1 heterocycles. The van der Waals surface area contributed by atoms with Gasteiger partial charge in [-0.15, -0.1) is 0 Å². The summed E-state index contributed by atoms with van der Waals surface area (Å²) >= 11 is 0. The number of nitrogens with zero attached hydrogens (tertiary/aromatic N) is 1. The Bertz CT molecular complexity index is 1480. The lowest BCUT2D eigenvalue weighted by atomic mass is 10.1. The van der Waals surface area contributed by atoms with Gasteiger partial charge in [0.05, 0.1) is 24.0 Å². The first-order chi connectivity index (χ1) is 16.9. The second-order valence-electron chi connectivity index (χ2n) is 7.98. The fraction of sp³-hybridized carbons (Fsp3) is 0.0741. The second kappa shape index (κ2) is 8.90. The Morgan fingerprint density at radius 3 is 2.54 bits per heavy atom. The molecule has 1 aliphatic heterocycles. The van der Waals surface area contributed by atoms with Crippen LogP contribution in [0.1, 0.15) is 16.8 Å². The number of amides is 3. The highest BCUT2D eigenvalue weighted by Crippen LogP contribution is 2.40. The van der Waals surface area contributed by atoms with Crippen LogP contribution >= 0.6 is 0 Å². The maximum absolute atomic E-state index is 13.5. The summed E-state index contributed by atoms with van der Waals surface area (Å²) in [5.74, 6) is -1.61. The molecule has 4 aromatic carbocycles. The average molecular weight is 469 g/mol. The zero-order valence-corrected chi connectivity index (χ0v) is 18.7. The van der Waals surface area contributed by atoms with Gasteiger partial charge in [-0.05, 0) is 47.9 Å². The first kappa shape index (κ1) is 22.1. The number of ether oxygens (including phenoxy) is 1. The summed E-state index contributed by atoms with van der Waals surface area (Å²) in [6, 6.07) is 21.7. The highest BCUT2D eigenvalue weighted by atomic mass is 19.1. The van der Waals surface area contributed by atoms with Gasteiger partial charge in [0.25, 0.3) is 5.91 Å². The van der Waals surface area contributed by atoms with Crippen molar-refractivity contribution < 1.29 is 23.5 Å². The summed E-state index contributed by atoms with van der Waals surface area (Å²) in [5, 5.41) is 7.38. The minimum Gasteiger partial charge on any atom is -0.496 e. The molecule has 0 fully saturated rings. The quantitative estimate of drug-likeness (QED) is 0.400. The van der Waals surface area contributed by atoms with Gasteiger partial charge < -0.3 is 15.4 Å². The van der Waals surface area contributed by atoms with Crippen LogP contribution in [0.25, 0.3) is 10.8 Å². The molecule has 0 spiro atoms. The fourth-order valence-corrected chi connectivity index (χ4v) is 4.14. The van der Waals surface area contributed by atoms with Crippen molar-refractivity contribution in [2.24, 2.45) is 0 Å². The molecular weight excluding hydrogens is 449 g/mol. The van der Waals surface area contributed by atoms with Gasteiger partial charge in [-0.1, -0.05) is 30.3 Å². The van der Waals surface area contributed by atoms with Crippen molar-refractivity contribution in [3.63, 3.8) is 0 Å². The Morgan fingerprint density at radius 2 is 1.77 bits per heavy atom. The first-order valence-electron chi connectivity index (χ1n) is 10.8. The SMILES string of the molecule is COc1cc(F)ccc1C(=O)Nc1ccc(N2C(=O)CC(=O)Nc3c2ccc2ccccc32)cc1. The molecule has 0 unspecified atom stereocenters. The number of hydrogen-bond acceptors (Lipinski definition) is 4. The lowest BCUT2D eigenvalue weighted by Crippen LogP contribution is -2.26. The second-order valence-corrected chi connectivity index (χ2v) is 7.98. The molecule has 2 N–H and O–H groups in total. The number of carbonyl (C=O) groups excluding carboxylic acids is 3. The van der Waals surface area contributed by atoms with E-state index in [0.29, 0.717) is 22.7 Å². The Hall–Kier alpha value is -4.72. The third-order valence-electron chi connectivity index (χ3n) is 5.77. The van der Waals surface area contributed by atoms with Crippen molar-refractivity contribution in [1.82, 2.24) is 0 Å². The van der Waals surface area contributed by atoms with E-state index >= 15 is 0 Å². The van der Waals surface area contributed by atoms with Crippen LogP contribution in [0.4, 0.5) is 27.1 Å². The van der Waals surface area contributed by atoms with E-state index in [0.717, 1.165) is 16.8 Å². The van der Waals surface area contributed by atoms with Gasteiger partial charge in [0.2, 0.25) is 11.8 Å². The van der Waals surface area contributed by atoms with Gasteiger partial charge >= 0.3 is 0 Å². The van der Waals surface area contributed by atoms with E-state index in [1.165, 1.54) is 24.1 Å². The third kappa shape index (κ3) is 4.17. The van der Waals surface area contributed by atoms with Crippen LogP contribution in [0.3, 0.4) is 0 Å². The van der Waals surface area contributed by atoms with Crippen molar-refractivity contribution in [1.29, 1.82) is 0 Å². The monoisotopic (exact) mass is 469 g/mol. The van der Waals surface area contributed by atoms with Crippen molar-refractivity contribution in [3.8, 4) is 5.75 Å². The molecule has 7 nitrogen and oxygen atoms in total. The van der Waals surface area contributed by atoms with Crippen LogP contribution in [0.2, 0.25) is 0 Å². The molecule has 35 heavy (non-hydrogen) atoms. The summed E-state index contributed by atoms with van der Waals surface area (Å²) < 4.78 is 18.6. The molecule has 0 aromatic heterocycles. The number of fused-ring (bicyclic) bond motifs is 3. The zero-order chi connectivity index (χ0) is 24.5. The molecule has 8 heteroatoms. The Balaban J connectivity index is 1.47. The van der Waals surface area contributed by atoms with Gasteiger partial charge in [-0.25, -0.2) is 4.39 Å². The Kier molecular flexibility index (Phi) is 5.62. The number of nitrogens with one attached hydrogen (secondary N) is 2. The van der Waals surface area contributed by atoms with E-state index in [2.05, 4.69) is 10.6 Å². The fourth-order valence-electron chi connectivity index (χ4n) is 4.14. The molecular formula is C27H20FN3O4. The predicted octanol–water partition coefficient (Wildman–Crippen LogP) is 5.25. The van der Waals surface area contributed by atoms with E-state index < -0.39 is 11.7 Å². The normalized spacial score (nSPS) is 13.1. The van der Waals surface area contributed by atoms with Gasteiger partial charge in [0.1, 0.15) is 18.0 Å². The van der Waals surface area contributed by atoms with E-state index in [1.807, 2.05) is 30.3 Å². The average Bonchev–Trinajstić information content (AvgIpc) is 2.99. The molecule has 0 saturated heterocycles. The van der Waals surface area contributed by atoms with E-state index in [-0.39, 0.29) is 29.5 Å². The van der Waals surface area contributed by atoms with E-state index in [1.54, 1.807) is 30.3 Å². The maximum atomic E-state index is 13.5. The third-order valence-corrected chi connectivity index (χ3v) is 5.77. The van der Waals surface area contributed by atoms with Crippen LogP contribution in [-0.2, 0) is 9.59 Å². The number of methoxy groups -OCH3 is 1. The van der Waals surface area contributed by atoms with Crippen molar-refractivity contribution >= 4 is 51.2 Å². The lowest BCUT2D eigenvalue weighted by Gasteiger charge is -2.23. The van der Waals surface area contributed by atoms with Gasteiger partial charge in [0, 0.05) is 22.8 Å². The number of benzene rings is 4. The molecule has 0 saturated carbocycles. The van der Waals surface area contributed by atoms with Crippen molar-refractivity contribution in [3.05, 3.63) is 90.2 Å². The van der Waals surface area contributed by atoms with E-state index in [4.69, 9.17) is 4.74 Å². The summed E-state index contributed by atoms with van der Waals surface area (Å²) in [6.07, 6.45) is -0.300. The molecule has 4 aromatic rings. The molecule has 1 aliphatic rings. The maximum Gasteiger partial charge on any atom is 0.259 e. The van der Waals surface area contributed by atoms with Gasteiger partial charge in [-0.3, -0.25) is 19.3 Å². The van der Waals surface area contributed by atoms with Crippen LogP contribution in [0, 0.1) is 5.82 Å². The standard InChI is InChI=1S/C27H20FN3O4/c1-35-23-14-17(28)7-12-21(23)27(34)29-18-8-10-19(11-9-18)31-22-13-6-16-4-2-3-5-20(16)26(22)30-24(32)15-25(31)33/h2-14H,15H2,1H3,(H,29,34)(H,30,32). The summed E-state index contributed by atoms with van der Waals surface area (Å²) in [4.78, 5) is 39.6. The summed E-state index contributed by atoms with van der Waals surface area (Å²) in [5.41, 5.74) is 2.33. The molecule has 0 atom stereocenters. The number of rotatable bonds is 4. The number of carbonyl (C=O) groups is 3. The van der Waals surface area contributed by atoms with Crippen molar-refractivity contribution in [2.45, 2.75) is 6.42 Å². The van der Waals surface area contributed by atoms with E-state index in [9.17, 15) is 18.8 Å². The van der Waals surface area contributed by atoms with Crippen LogP contribution in [-0.4, -0.2) is 24.8 Å². The first-order valence-corrected chi connectivity index (χ1v) is 10.8.